The van der Waals surface area contributed by atoms with Crippen molar-refractivity contribution >= 4 is 23.1 Å². The SMILES string of the molecule is C=C(C(=O)O)C(=O)Cc1cccs1. The highest BCUT2D eigenvalue weighted by Crippen LogP contribution is 2.11. The maximum Gasteiger partial charge on any atom is 0.338 e. The summed E-state index contributed by atoms with van der Waals surface area (Å²) < 4.78 is 0. The Balaban J connectivity index is 2.61. The third-order valence-electron chi connectivity index (χ3n) is 1.51. The standard InChI is InChI=1S/C9H8O3S/c1-6(9(11)12)8(10)5-7-3-2-4-13-7/h2-4H,1,5H2,(H,11,12). The van der Waals surface area contributed by atoms with Crippen LogP contribution in [0.4, 0.5) is 0 Å². The molecule has 0 unspecified atom stereocenters. The van der Waals surface area contributed by atoms with Gasteiger partial charge >= 0.3 is 5.97 Å². The number of carbonyl (C=O) groups excluding carboxylic acids is 1. The van der Waals surface area contributed by atoms with Crippen LogP contribution in [0, 0.1) is 0 Å². The van der Waals surface area contributed by atoms with Crippen LogP contribution >= 0.6 is 11.3 Å². The van der Waals surface area contributed by atoms with Crippen molar-refractivity contribution in [1.29, 1.82) is 0 Å². The normalized spacial score (nSPS) is 9.54. The van der Waals surface area contributed by atoms with Gasteiger partial charge in [0, 0.05) is 11.3 Å². The largest absolute Gasteiger partial charge is 0.478 e. The van der Waals surface area contributed by atoms with Crippen LogP contribution < -0.4 is 0 Å². The van der Waals surface area contributed by atoms with Gasteiger partial charge in [0.2, 0.25) is 0 Å². The van der Waals surface area contributed by atoms with Crippen molar-refractivity contribution in [2.24, 2.45) is 0 Å². The van der Waals surface area contributed by atoms with Crippen LogP contribution in [0.25, 0.3) is 0 Å². The number of carboxylic acid groups (broad SMARTS) is 1. The summed E-state index contributed by atoms with van der Waals surface area (Å²) in [6, 6.07) is 3.61. The molecule has 0 saturated heterocycles. The number of carboxylic acids is 1. The highest BCUT2D eigenvalue weighted by molar-refractivity contribution is 7.10. The first-order chi connectivity index (χ1) is 6.11. The Morgan fingerprint density at radius 1 is 1.54 bits per heavy atom. The maximum atomic E-state index is 11.2. The van der Waals surface area contributed by atoms with E-state index in [9.17, 15) is 9.59 Å². The van der Waals surface area contributed by atoms with Crippen LogP contribution in [0.3, 0.4) is 0 Å². The van der Waals surface area contributed by atoms with Crippen LogP contribution in [0.5, 0.6) is 0 Å². The van der Waals surface area contributed by atoms with Crippen molar-refractivity contribution in [3.8, 4) is 0 Å². The van der Waals surface area contributed by atoms with Gasteiger partial charge < -0.3 is 5.11 Å². The van der Waals surface area contributed by atoms with Crippen LogP contribution in [0.1, 0.15) is 4.88 Å². The van der Waals surface area contributed by atoms with Crippen molar-refractivity contribution in [1.82, 2.24) is 0 Å². The molecule has 1 rings (SSSR count). The molecule has 1 aromatic rings. The molecule has 0 fully saturated rings. The van der Waals surface area contributed by atoms with Gasteiger partial charge in [-0.1, -0.05) is 12.6 Å². The van der Waals surface area contributed by atoms with Gasteiger partial charge in [-0.15, -0.1) is 11.3 Å². The number of rotatable bonds is 4. The monoisotopic (exact) mass is 196 g/mol. The Morgan fingerprint density at radius 3 is 2.69 bits per heavy atom. The molecule has 1 aromatic heterocycles. The summed E-state index contributed by atoms with van der Waals surface area (Å²) in [6.45, 7) is 3.19. The predicted molar refractivity (Wildman–Crippen MR) is 49.8 cm³/mol. The van der Waals surface area contributed by atoms with E-state index in [1.54, 1.807) is 6.07 Å². The first kappa shape index (κ1) is 9.67. The molecule has 1 heterocycles. The number of carbonyl (C=O) groups is 2. The van der Waals surface area contributed by atoms with Gasteiger partial charge in [-0.25, -0.2) is 4.79 Å². The van der Waals surface area contributed by atoms with Crippen molar-refractivity contribution < 1.29 is 14.7 Å². The third kappa shape index (κ3) is 2.52. The Hall–Kier alpha value is -1.42. The predicted octanol–water partition coefficient (Wildman–Crippen LogP) is 1.50. The lowest BCUT2D eigenvalue weighted by atomic mass is 10.1. The van der Waals surface area contributed by atoms with Crippen molar-refractivity contribution in [2.75, 3.05) is 0 Å². The minimum absolute atomic E-state index is 0.128. The molecule has 4 heteroatoms. The van der Waals surface area contributed by atoms with Gasteiger partial charge in [-0.2, -0.15) is 0 Å². The zero-order chi connectivity index (χ0) is 9.84. The number of aliphatic carboxylic acids is 1. The Bertz CT molecular complexity index is 338. The van der Waals surface area contributed by atoms with Gasteiger partial charge in [0.1, 0.15) is 0 Å². The number of ketones is 1. The molecule has 0 aliphatic carbocycles. The first-order valence-corrected chi connectivity index (χ1v) is 4.47. The fraction of sp³-hybridized carbons (Fsp3) is 0.111. The van der Waals surface area contributed by atoms with Crippen molar-refractivity contribution in [2.45, 2.75) is 6.42 Å². The molecule has 0 aromatic carbocycles. The van der Waals surface area contributed by atoms with Crippen LogP contribution in [-0.2, 0) is 16.0 Å². The van der Waals surface area contributed by atoms with Crippen LogP contribution in [-0.4, -0.2) is 16.9 Å². The molecule has 1 N–H and O–H groups in total. The van der Waals surface area contributed by atoms with Crippen LogP contribution in [0.2, 0.25) is 0 Å². The molecule has 0 radical (unpaired) electrons. The maximum absolute atomic E-state index is 11.2. The van der Waals surface area contributed by atoms with Gasteiger partial charge in [-0.05, 0) is 11.4 Å². The lowest BCUT2D eigenvalue weighted by Crippen LogP contribution is -2.12. The Labute approximate surface area is 79.3 Å². The van der Waals surface area contributed by atoms with Gasteiger partial charge in [0.05, 0.1) is 5.57 Å². The van der Waals surface area contributed by atoms with E-state index in [-0.39, 0.29) is 12.0 Å². The lowest BCUT2D eigenvalue weighted by Gasteiger charge is -1.96. The topological polar surface area (TPSA) is 54.4 Å². The molecule has 3 nitrogen and oxygen atoms in total. The molecular formula is C9H8O3S. The fourth-order valence-corrected chi connectivity index (χ4v) is 1.50. The number of Topliss-reactive ketones (excluding diaryl/α,β-unsaturated/α-hetero) is 1. The molecule has 68 valence electrons. The summed E-state index contributed by atoms with van der Waals surface area (Å²) in [5.41, 5.74) is -0.353. The average Bonchev–Trinajstić information content (AvgIpc) is 2.55. The van der Waals surface area contributed by atoms with E-state index >= 15 is 0 Å². The number of hydrogen-bond donors (Lipinski definition) is 1. The molecule has 0 spiro atoms. The molecule has 0 amide bonds. The second-order valence-corrected chi connectivity index (χ2v) is 3.50. The van der Waals surface area contributed by atoms with E-state index in [2.05, 4.69) is 6.58 Å². The number of hydrogen-bond acceptors (Lipinski definition) is 3. The Kier molecular flexibility index (Phi) is 2.97. The van der Waals surface area contributed by atoms with Gasteiger partial charge in [0.15, 0.2) is 5.78 Å². The highest BCUT2D eigenvalue weighted by atomic mass is 32.1. The van der Waals surface area contributed by atoms with Crippen molar-refractivity contribution in [3.63, 3.8) is 0 Å². The Morgan fingerprint density at radius 2 is 2.23 bits per heavy atom. The van der Waals surface area contributed by atoms with E-state index in [1.807, 2.05) is 11.4 Å². The van der Waals surface area contributed by atoms with E-state index < -0.39 is 11.8 Å². The quantitative estimate of drug-likeness (QED) is 0.451. The summed E-state index contributed by atoms with van der Waals surface area (Å²) in [5, 5.41) is 10.3. The second kappa shape index (κ2) is 4.00. The molecule has 0 aliphatic rings. The molecule has 0 atom stereocenters. The fourth-order valence-electron chi connectivity index (χ4n) is 0.797. The molecule has 0 saturated carbocycles. The van der Waals surface area contributed by atoms with E-state index in [1.165, 1.54) is 11.3 Å². The summed E-state index contributed by atoms with van der Waals surface area (Å²) in [6.07, 6.45) is 0.128. The van der Waals surface area contributed by atoms with Crippen LogP contribution in [0.15, 0.2) is 29.7 Å². The summed E-state index contributed by atoms with van der Waals surface area (Å²) in [4.78, 5) is 22.4. The summed E-state index contributed by atoms with van der Waals surface area (Å²) >= 11 is 1.43. The third-order valence-corrected chi connectivity index (χ3v) is 2.39. The zero-order valence-corrected chi connectivity index (χ0v) is 7.63. The minimum Gasteiger partial charge on any atom is -0.478 e. The molecular weight excluding hydrogens is 188 g/mol. The summed E-state index contributed by atoms with van der Waals surface area (Å²) in [7, 11) is 0. The minimum atomic E-state index is -1.25. The molecule has 0 bridgehead atoms. The number of thiophene rings is 1. The van der Waals surface area contributed by atoms with Gasteiger partial charge in [0.25, 0.3) is 0 Å². The first-order valence-electron chi connectivity index (χ1n) is 3.59. The van der Waals surface area contributed by atoms with E-state index in [4.69, 9.17) is 5.11 Å². The van der Waals surface area contributed by atoms with Crippen molar-refractivity contribution in [3.05, 3.63) is 34.5 Å². The zero-order valence-electron chi connectivity index (χ0n) is 6.82. The average molecular weight is 196 g/mol. The van der Waals surface area contributed by atoms with E-state index in [0.29, 0.717) is 0 Å². The second-order valence-electron chi connectivity index (χ2n) is 2.46. The highest BCUT2D eigenvalue weighted by Gasteiger charge is 2.14. The smallest absolute Gasteiger partial charge is 0.338 e. The molecule has 0 aliphatic heterocycles. The van der Waals surface area contributed by atoms with E-state index in [0.717, 1.165) is 4.88 Å². The lowest BCUT2D eigenvalue weighted by molar-refractivity contribution is -0.134. The van der Waals surface area contributed by atoms with Gasteiger partial charge in [-0.3, -0.25) is 4.79 Å². The molecule has 13 heavy (non-hydrogen) atoms. The summed E-state index contributed by atoms with van der Waals surface area (Å²) in [5.74, 6) is -1.68.